The van der Waals surface area contributed by atoms with E-state index in [9.17, 15) is 4.79 Å². The van der Waals surface area contributed by atoms with E-state index in [1.807, 2.05) is 36.0 Å². The first-order valence-corrected chi connectivity index (χ1v) is 8.07. The van der Waals surface area contributed by atoms with Gasteiger partial charge in [0.1, 0.15) is 0 Å². The molecule has 2 unspecified atom stereocenters. The minimum absolute atomic E-state index is 0.00606. The van der Waals surface area contributed by atoms with E-state index in [0.29, 0.717) is 16.9 Å². The number of nitrogens with one attached hydrogen (secondary N) is 1. The summed E-state index contributed by atoms with van der Waals surface area (Å²) in [4.78, 5) is 13.0. The van der Waals surface area contributed by atoms with Crippen LogP contribution in [0.5, 0.6) is 0 Å². The summed E-state index contributed by atoms with van der Waals surface area (Å²) in [6, 6.07) is 7.75. The van der Waals surface area contributed by atoms with Gasteiger partial charge in [0, 0.05) is 16.2 Å². The third-order valence-electron chi connectivity index (χ3n) is 3.47. The number of rotatable bonds is 3. The largest absolute Gasteiger partial charge is 0.348 e. The Hall–Kier alpha value is -0.610. The van der Waals surface area contributed by atoms with E-state index in [0.717, 1.165) is 11.3 Å². The van der Waals surface area contributed by atoms with E-state index in [1.54, 1.807) is 0 Å². The lowest BCUT2D eigenvalue weighted by molar-refractivity contribution is 0.0926. The molecule has 0 heterocycles. The maximum absolute atomic E-state index is 12.2. The van der Waals surface area contributed by atoms with Gasteiger partial charge in [-0.25, -0.2) is 0 Å². The maximum Gasteiger partial charge on any atom is 0.252 e. The second-order valence-electron chi connectivity index (χ2n) is 4.66. The molecule has 1 aliphatic carbocycles. The number of benzene rings is 1. The Morgan fingerprint density at radius 2 is 2.06 bits per heavy atom. The predicted molar refractivity (Wildman–Crippen MR) is 80.7 cm³/mol. The smallest absolute Gasteiger partial charge is 0.252 e. The van der Waals surface area contributed by atoms with Crippen LogP contribution in [0, 0.1) is 0 Å². The molecule has 0 saturated heterocycles. The predicted octanol–water partition coefficient (Wildman–Crippen LogP) is 3.38. The number of carbonyl (C=O) groups excluding carboxylic acids is 1. The van der Waals surface area contributed by atoms with Crippen molar-refractivity contribution in [2.45, 2.75) is 41.9 Å². The van der Waals surface area contributed by atoms with Crippen LogP contribution in [-0.2, 0) is 0 Å². The first-order valence-electron chi connectivity index (χ1n) is 6.34. The summed E-state index contributed by atoms with van der Waals surface area (Å²) in [6.45, 7) is 0. The third kappa shape index (κ3) is 3.23. The van der Waals surface area contributed by atoms with Crippen molar-refractivity contribution in [3.63, 3.8) is 0 Å². The Bertz CT molecular complexity index is 422. The molecular weight excluding hydrogens is 262 g/mol. The van der Waals surface area contributed by atoms with E-state index in [1.165, 1.54) is 19.3 Å². The molecule has 0 radical (unpaired) electrons. The second kappa shape index (κ2) is 6.53. The highest BCUT2D eigenvalue weighted by atomic mass is 32.2. The molecule has 1 N–H and O–H groups in total. The molecule has 2 atom stereocenters. The van der Waals surface area contributed by atoms with Crippen LogP contribution in [0.2, 0.25) is 0 Å². The summed E-state index contributed by atoms with van der Waals surface area (Å²) in [5.41, 5.74) is 0.672. The van der Waals surface area contributed by atoms with Crippen molar-refractivity contribution < 1.29 is 4.79 Å². The highest BCUT2D eigenvalue weighted by molar-refractivity contribution is 7.99. The lowest BCUT2D eigenvalue weighted by atomic mass is 9.94. The van der Waals surface area contributed by atoms with Gasteiger partial charge in [-0.3, -0.25) is 4.79 Å². The van der Waals surface area contributed by atoms with Crippen molar-refractivity contribution in [2.24, 2.45) is 0 Å². The molecule has 98 valence electrons. The summed E-state index contributed by atoms with van der Waals surface area (Å²) in [5.74, 6) is 0.00606. The Morgan fingerprint density at radius 3 is 2.78 bits per heavy atom. The molecule has 1 aromatic rings. The summed E-state index contributed by atoms with van der Waals surface area (Å²) in [7, 11) is 0. The molecule has 2 rings (SSSR count). The monoisotopic (exact) mass is 281 g/mol. The highest BCUT2D eigenvalue weighted by Crippen LogP contribution is 2.27. The SMILES string of the molecule is CSC1CCCCC1NC(=O)c1ccccc1S. The third-order valence-corrected chi connectivity index (χ3v) is 5.03. The first-order chi connectivity index (χ1) is 8.72. The van der Waals surface area contributed by atoms with Crippen LogP contribution < -0.4 is 5.32 Å². The van der Waals surface area contributed by atoms with Gasteiger partial charge < -0.3 is 5.32 Å². The number of thiol groups is 1. The Balaban J connectivity index is 2.04. The lowest BCUT2D eigenvalue weighted by Crippen LogP contribution is -2.43. The number of hydrogen-bond donors (Lipinski definition) is 2. The van der Waals surface area contributed by atoms with Gasteiger partial charge in [0.25, 0.3) is 5.91 Å². The molecule has 1 amide bonds. The number of hydrogen-bond acceptors (Lipinski definition) is 3. The molecule has 0 aromatic heterocycles. The summed E-state index contributed by atoms with van der Waals surface area (Å²) in [5, 5.41) is 3.72. The van der Waals surface area contributed by atoms with Crippen LogP contribution in [0.25, 0.3) is 0 Å². The number of amides is 1. The summed E-state index contributed by atoms with van der Waals surface area (Å²) in [6.07, 6.45) is 6.91. The zero-order valence-corrected chi connectivity index (χ0v) is 12.3. The Kier molecular flexibility index (Phi) is 5.01. The first kappa shape index (κ1) is 13.8. The van der Waals surface area contributed by atoms with Crippen molar-refractivity contribution in [1.82, 2.24) is 5.32 Å². The van der Waals surface area contributed by atoms with Crippen LogP contribution in [0.3, 0.4) is 0 Å². The van der Waals surface area contributed by atoms with E-state index in [-0.39, 0.29) is 5.91 Å². The van der Waals surface area contributed by atoms with Crippen LogP contribution in [0.1, 0.15) is 36.0 Å². The number of carbonyl (C=O) groups is 1. The molecule has 4 heteroatoms. The van der Waals surface area contributed by atoms with Gasteiger partial charge in [0.15, 0.2) is 0 Å². The number of thioether (sulfide) groups is 1. The van der Waals surface area contributed by atoms with E-state index in [4.69, 9.17) is 0 Å². The lowest BCUT2D eigenvalue weighted by Gasteiger charge is -2.31. The molecular formula is C14H19NOS2. The molecule has 1 aromatic carbocycles. The van der Waals surface area contributed by atoms with E-state index < -0.39 is 0 Å². The molecule has 1 aliphatic rings. The second-order valence-corrected chi connectivity index (χ2v) is 6.21. The normalized spacial score (nSPS) is 23.7. The van der Waals surface area contributed by atoms with Crippen molar-refractivity contribution >= 4 is 30.3 Å². The summed E-state index contributed by atoms with van der Waals surface area (Å²) < 4.78 is 0. The van der Waals surface area contributed by atoms with Gasteiger partial charge in [-0.1, -0.05) is 25.0 Å². The van der Waals surface area contributed by atoms with Gasteiger partial charge in [0.2, 0.25) is 0 Å². The van der Waals surface area contributed by atoms with Gasteiger partial charge in [-0.2, -0.15) is 11.8 Å². The molecule has 0 spiro atoms. The minimum atomic E-state index is 0.00606. The van der Waals surface area contributed by atoms with E-state index >= 15 is 0 Å². The Morgan fingerprint density at radius 1 is 1.33 bits per heavy atom. The Labute approximate surface area is 118 Å². The average Bonchev–Trinajstić information content (AvgIpc) is 2.39. The summed E-state index contributed by atoms with van der Waals surface area (Å²) >= 11 is 6.20. The van der Waals surface area contributed by atoms with Gasteiger partial charge in [-0.05, 0) is 31.2 Å². The molecule has 18 heavy (non-hydrogen) atoms. The fourth-order valence-electron chi connectivity index (χ4n) is 2.46. The van der Waals surface area contributed by atoms with Gasteiger partial charge in [-0.15, -0.1) is 12.6 Å². The zero-order valence-electron chi connectivity index (χ0n) is 10.6. The van der Waals surface area contributed by atoms with Crippen LogP contribution in [0.15, 0.2) is 29.2 Å². The fraction of sp³-hybridized carbons (Fsp3) is 0.500. The van der Waals surface area contributed by atoms with E-state index in [2.05, 4.69) is 24.2 Å². The molecule has 1 saturated carbocycles. The van der Waals surface area contributed by atoms with Crippen molar-refractivity contribution in [3.8, 4) is 0 Å². The standard InChI is InChI=1S/C14H19NOS2/c1-18-13-9-5-3-7-11(13)15-14(16)10-6-2-4-8-12(10)17/h2,4,6,8,11,13,17H,3,5,7,9H2,1H3,(H,15,16). The van der Waals surface area contributed by atoms with Crippen molar-refractivity contribution in [2.75, 3.05) is 6.26 Å². The van der Waals surface area contributed by atoms with Crippen LogP contribution >= 0.6 is 24.4 Å². The molecule has 2 nitrogen and oxygen atoms in total. The molecule has 0 bridgehead atoms. The minimum Gasteiger partial charge on any atom is -0.348 e. The fourth-order valence-corrected chi connectivity index (χ4v) is 3.65. The highest BCUT2D eigenvalue weighted by Gasteiger charge is 2.26. The molecule has 1 fully saturated rings. The topological polar surface area (TPSA) is 29.1 Å². The zero-order chi connectivity index (χ0) is 13.0. The van der Waals surface area contributed by atoms with Crippen LogP contribution in [-0.4, -0.2) is 23.5 Å². The maximum atomic E-state index is 12.2. The van der Waals surface area contributed by atoms with Gasteiger partial charge >= 0.3 is 0 Å². The van der Waals surface area contributed by atoms with Gasteiger partial charge in [0.05, 0.1) is 5.56 Å². The van der Waals surface area contributed by atoms with Crippen LogP contribution in [0.4, 0.5) is 0 Å². The quantitative estimate of drug-likeness (QED) is 0.832. The van der Waals surface area contributed by atoms with Crippen molar-refractivity contribution in [1.29, 1.82) is 0 Å². The molecule has 0 aliphatic heterocycles. The van der Waals surface area contributed by atoms with Crippen molar-refractivity contribution in [3.05, 3.63) is 29.8 Å². The average molecular weight is 281 g/mol.